The fraction of sp³-hybridized carbons (Fsp3) is 0.679. The van der Waals surface area contributed by atoms with Gasteiger partial charge in [-0.05, 0) is 56.6 Å². The molecular weight excluding hydrogens is 494 g/mol. The Balaban J connectivity index is 1.81. The molecule has 4 rings (SSSR count). The van der Waals surface area contributed by atoms with Crippen molar-refractivity contribution in [2.45, 2.75) is 90.0 Å². The Labute approximate surface area is 224 Å². The quantitative estimate of drug-likeness (QED) is 0.425. The largest absolute Gasteiger partial charge is 0.394 e. The number of rotatable bonds is 10. The van der Waals surface area contributed by atoms with Gasteiger partial charge in [-0.25, -0.2) is 0 Å². The molecule has 3 saturated heterocycles. The number of nitrogens with one attached hydrogen (secondary N) is 2. The number of benzene rings is 1. The molecule has 3 fully saturated rings. The first-order valence-electron chi connectivity index (χ1n) is 13.5. The van der Waals surface area contributed by atoms with Crippen LogP contribution in [-0.4, -0.2) is 64.2 Å². The van der Waals surface area contributed by atoms with Crippen molar-refractivity contribution in [1.82, 2.24) is 10.2 Å². The van der Waals surface area contributed by atoms with Crippen molar-refractivity contribution in [3.63, 3.8) is 0 Å². The first-order valence-corrected chi connectivity index (χ1v) is 13.9. The molecule has 2 bridgehead atoms. The number of fused-ring (bicyclic) bond motifs is 1. The highest BCUT2D eigenvalue weighted by Gasteiger charge is 2.79. The summed E-state index contributed by atoms with van der Waals surface area (Å²) < 4.78 is 6.77. The zero-order valence-corrected chi connectivity index (χ0v) is 23.2. The summed E-state index contributed by atoms with van der Waals surface area (Å²) in [6.45, 7) is 10.1. The highest BCUT2D eigenvalue weighted by molar-refractivity contribution is 6.34. The van der Waals surface area contributed by atoms with Crippen LogP contribution in [0.25, 0.3) is 0 Å². The lowest BCUT2D eigenvalue weighted by Gasteiger charge is -2.38. The SMILES string of the molecule is CCCNC(=O)[C@H]1[C@H]2C(=O)N([C@@H](CO)CC(C)C)C(C(=O)Nc3c(C)cccc3Cl)C23CC[C@]1(CC)O3. The van der Waals surface area contributed by atoms with E-state index in [0.29, 0.717) is 42.9 Å². The van der Waals surface area contributed by atoms with E-state index < -0.39 is 41.0 Å². The number of para-hydroxylation sites is 1. The fourth-order valence-corrected chi connectivity index (χ4v) is 7.18. The van der Waals surface area contributed by atoms with E-state index in [-0.39, 0.29) is 24.3 Å². The lowest BCUT2D eigenvalue weighted by atomic mass is 9.65. The number of nitrogens with zero attached hydrogens (tertiary/aromatic N) is 1. The smallest absolute Gasteiger partial charge is 0.250 e. The summed E-state index contributed by atoms with van der Waals surface area (Å²) in [6.07, 6.45) is 2.94. The number of hydrogen-bond acceptors (Lipinski definition) is 5. The predicted molar refractivity (Wildman–Crippen MR) is 142 cm³/mol. The van der Waals surface area contributed by atoms with Gasteiger partial charge in [-0.1, -0.05) is 51.4 Å². The minimum Gasteiger partial charge on any atom is -0.394 e. The Morgan fingerprint density at radius 3 is 2.57 bits per heavy atom. The molecule has 0 aromatic heterocycles. The van der Waals surface area contributed by atoms with E-state index in [4.69, 9.17) is 16.3 Å². The van der Waals surface area contributed by atoms with Crippen LogP contribution in [0.2, 0.25) is 5.02 Å². The Morgan fingerprint density at radius 2 is 1.97 bits per heavy atom. The number of amides is 3. The van der Waals surface area contributed by atoms with Gasteiger partial charge in [0.05, 0.1) is 40.8 Å². The molecule has 0 saturated carbocycles. The highest BCUT2D eigenvalue weighted by Crippen LogP contribution is 2.64. The molecule has 1 aromatic carbocycles. The summed E-state index contributed by atoms with van der Waals surface area (Å²) in [4.78, 5) is 43.4. The summed E-state index contributed by atoms with van der Waals surface area (Å²) in [5.74, 6) is -2.19. The van der Waals surface area contributed by atoms with Crippen molar-refractivity contribution in [2.24, 2.45) is 17.8 Å². The molecule has 9 heteroatoms. The van der Waals surface area contributed by atoms with Crippen LogP contribution in [-0.2, 0) is 19.1 Å². The maximum absolute atomic E-state index is 14.3. The third-order valence-corrected chi connectivity index (χ3v) is 8.83. The topological polar surface area (TPSA) is 108 Å². The molecular formula is C28H40ClN3O5. The van der Waals surface area contributed by atoms with Crippen molar-refractivity contribution >= 4 is 35.0 Å². The van der Waals surface area contributed by atoms with Gasteiger partial charge in [-0.2, -0.15) is 0 Å². The zero-order valence-electron chi connectivity index (χ0n) is 22.5. The molecule has 0 aliphatic carbocycles. The molecule has 204 valence electrons. The Kier molecular flexibility index (Phi) is 7.94. The minimum atomic E-state index is -1.15. The van der Waals surface area contributed by atoms with Crippen molar-refractivity contribution in [3.8, 4) is 0 Å². The van der Waals surface area contributed by atoms with Crippen LogP contribution in [0.15, 0.2) is 18.2 Å². The molecule has 3 N–H and O–H groups in total. The van der Waals surface area contributed by atoms with E-state index in [0.717, 1.165) is 12.0 Å². The fourth-order valence-electron chi connectivity index (χ4n) is 6.91. The monoisotopic (exact) mass is 533 g/mol. The van der Waals surface area contributed by atoms with Gasteiger partial charge in [0.25, 0.3) is 0 Å². The van der Waals surface area contributed by atoms with Crippen molar-refractivity contribution in [2.75, 3.05) is 18.5 Å². The van der Waals surface area contributed by atoms with Gasteiger partial charge in [-0.3, -0.25) is 14.4 Å². The van der Waals surface area contributed by atoms with Crippen LogP contribution in [0, 0.1) is 24.7 Å². The molecule has 2 unspecified atom stereocenters. The van der Waals surface area contributed by atoms with Gasteiger partial charge in [0.1, 0.15) is 11.6 Å². The van der Waals surface area contributed by atoms with Gasteiger partial charge < -0.3 is 25.4 Å². The molecule has 0 radical (unpaired) electrons. The lowest BCUT2D eigenvalue weighted by molar-refractivity contribution is -0.149. The number of ether oxygens (including phenoxy) is 1. The first kappa shape index (κ1) is 27.9. The summed E-state index contributed by atoms with van der Waals surface area (Å²) in [6, 6.07) is 3.80. The van der Waals surface area contributed by atoms with Gasteiger partial charge in [0, 0.05) is 6.54 Å². The normalized spacial score (nSPS) is 31.1. The molecule has 1 aromatic rings. The van der Waals surface area contributed by atoms with Crippen LogP contribution >= 0.6 is 11.6 Å². The van der Waals surface area contributed by atoms with Crippen molar-refractivity contribution < 1.29 is 24.2 Å². The molecule has 8 nitrogen and oxygen atoms in total. The average molecular weight is 534 g/mol. The zero-order chi connectivity index (χ0) is 27.1. The number of halogens is 1. The van der Waals surface area contributed by atoms with E-state index in [1.165, 1.54) is 4.90 Å². The van der Waals surface area contributed by atoms with Gasteiger partial charge in [0.2, 0.25) is 17.7 Å². The first-order chi connectivity index (χ1) is 17.6. The number of carbonyl (C=O) groups excluding carboxylic acids is 3. The average Bonchev–Trinajstić information content (AvgIpc) is 3.47. The molecule has 3 aliphatic rings. The van der Waals surface area contributed by atoms with Gasteiger partial charge >= 0.3 is 0 Å². The number of carbonyl (C=O) groups is 3. The summed E-state index contributed by atoms with van der Waals surface area (Å²) in [5, 5.41) is 16.7. The van der Waals surface area contributed by atoms with Crippen LogP contribution in [0.5, 0.6) is 0 Å². The second-order valence-corrected chi connectivity index (χ2v) is 11.7. The van der Waals surface area contributed by atoms with Crippen molar-refractivity contribution in [1.29, 1.82) is 0 Å². The van der Waals surface area contributed by atoms with E-state index in [1.54, 1.807) is 6.07 Å². The Morgan fingerprint density at radius 1 is 1.24 bits per heavy atom. The van der Waals surface area contributed by atoms with Crippen LogP contribution in [0.3, 0.4) is 0 Å². The Bertz CT molecular complexity index is 1040. The lowest BCUT2D eigenvalue weighted by Crippen LogP contribution is -2.56. The van der Waals surface area contributed by atoms with E-state index in [2.05, 4.69) is 10.6 Å². The predicted octanol–water partition coefficient (Wildman–Crippen LogP) is 3.67. The van der Waals surface area contributed by atoms with Gasteiger partial charge in [0.15, 0.2) is 0 Å². The molecule has 3 aliphatic heterocycles. The third-order valence-electron chi connectivity index (χ3n) is 8.52. The molecule has 37 heavy (non-hydrogen) atoms. The highest BCUT2D eigenvalue weighted by atomic mass is 35.5. The molecule has 1 spiro atoms. The maximum atomic E-state index is 14.3. The van der Waals surface area contributed by atoms with E-state index in [9.17, 15) is 19.5 Å². The summed E-state index contributed by atoms with van der Waals surface area (Å²) >= 11 is 6.43. The molecule has 6 atom stereocenters. The number of aliphatic hydroxyl groups is 1. The number of hydrogen-bond donors (Lipinski definition) is 3. The van der Waals surface area contributed by atoms with Crippen molar-refractivity contribution in [3.05, 3.63) is 28.8 Å². The summed E-state index contributed by atoms with van der Waals surface area (Å²) in [5.41, 5.74) is -0.660. The molecule has 3 amide bonds. The van der Waals surface area contributed by atoms with Crippen LogP contribution in [0.4, 0.5) is 5.69 Å². The second-order valence-electron chi connectivity index (χ2n) is 11.3. The standard InChI is InChI=1S/C28H40ClN3O5/c1-6-13-30-24(34)20-21-26(36)32(18(15-33)14-16(3)4)23(28(21)12-11-27(20,7-2)37-28)25(35)31-22-17(5)9-8-10-19(22)29/h8-10,16,18,20-21,23,33H,6-7,11-15H2,1-5H3,(H,30,34)(H,31,35)/t18-,20-,21+,23?,27+,28?/m1/s1. The third kappa shape index (κ3) is 4.45. The Hall–Kier alpha value is -2.16. The minimum absolute atomic E-state index is 0.181. The summed E-state index contributed by atoms with van der Waals surface area (Å²) in [7, 11) is 0. The van der Waals surface area contributed by atoms with Gasteiger partial charge in [-0.15, -0.1) is 0 Å². The number of aliphatic hydroxyl groups excluding tert-OH is 1. The number of aryl methyl sites for hydroxylation is 1. The maximum Gasteiger partial charge on any atom is 0.250 e. The van der Waals surface area contributed by atoms with Crippen LogP contribution in [0.1, 0.15) is 65.4 Å². The molecule has 3 heterocycles. The van der Waals surface area contributed by atoms with Crippen LogP contribution < -0.4 is 10.6 Å². The number of likely N-dealkylation sites (tertiary alicyclic amines) is 1. The van der Waals surface area contributed by atoms with E-state index in [1.807, 2.05) is 46.8 Å². The van der Waals surface area contributed by atoms with E-state index >= 15 is 0 Å². The number of anilines is 1. The second kappa shape index (κ2) is 10.5.